The molecule has 160 valence electrons. The number of esters is 1. The third-order valence-corrected chi connectivity index (χ3v) is 5.96. The summed E-state index contributed by atoms with van der Waals surface area (Å²) < 4.78 is 13.3. The molecule has 1 aromatic carbocycles. The van der Waals surface area contributed by atoms with Crippen LogP contribution in [0.3, 0.4) is 0 Å². The number of benzene rings is 1. The zero-order chi connectivity index (χ0) is 21.7. The number of carbonyl (C=O) groups is 1. The van der Waals surface area contributed by atoms with Crippen LogP contribution in [0.15, 0.2) is 35.4 Å². The van der Waals surface area contributed by atoms with E-state index in [2.05, 4.69) is 9.55 Å². The summed E-state index contributed by atoms with van der Waals surface area (Å²) >= 11 is 0. The van der Waals surface area contributed by atoms with E-state index in [0.29, 0.717) is 18.6 Å². The molecule has 0 amide bonds. The average Bonchev–Trinajstić information content (AvgIpc) is 3.60. The van der Waals surface area contributed by atoms with Crippen molar-refractivity contribution in [1.82, 2.24) is 9.55 Å². The van der Waals surface area contributed by atoms with Gasteiger partial charge in [-0.15, -0.1) is 0 Å². The monoisotopic (exact) mass is 419 g/mol. The van der Waals surface area contributed by atoms with Crippen LogP contribution in [-0.2, 0) is 22.7 Å². The first kappa shape index (κ1) is 19.8. The minimum Gasteiger partial charge on any atom is -0.462 e. The first-order chi connectivity index (χ1) is 15.0. The summed E-state index contributed by atoms with van der Waals surface area (Å²) in [6.07, 6.45) is 5.61. The SMILES string of the molecule is CCOC(=O)c1cn(C2CC2)c2c3c(ccc2c1=O)-c1cnc(N(C)C)cc1COC3. The number of nitrogens with zero attached hydrogens (tertiary/aromatic N) is 3. The third-order valence-electron chi connectivity index (χ3n) is 5.96. The summed E-state index contributed by atoms with van der Waals surface area (Å²) in [4.78, 5) is 32.2. The second kappa shape index (κ2) is 7.50. The van der Waals surface area contributed by atoms with Gasteiger partial charge < -0.3 is 18.9 Å². The predicted octanol–water partition coefficient (Wildman–Crippen LogP) is 3.67. The lowest BCUT2D eigenvalue weighted by Crippen LogP contribution is -2.21. The van der Waals surface area contributed by atoms with Crippen LogP contribution in [-0.4, -0.2) is 36.2 Å². The molecule has 2 aromatic heterocycles. The van der Waals surface area contributed by atoms with Crippen LogP contribution in [0, 0.1) is 0 Å². The molecule has 0 N–H and O–H groups in total. The molecular formula is C24H25N3O4. The lowest BCUT2D eigenvalue weighted by molar-refractivity contribution is 0.0524. The van der Waals surface area contributed by atoms with Crippen LogP contribution in [0.1, 0.15) is 47.3 Å². The van der Waals surface area contributed by atoms with Crippen molar-refractivity contribution in [3.05, 3.63) is 57.5 Å². The van der Waals surface area contributed by atoms with Crippen LogP contribution in [0.5, 0.6) is 0 Å². The predicted molar refractivity (Wildman–Crippen MR) is 118 cm³/mol. The Hall–Kier alpha value is -3.19. The van der Waals surface area contributed by atoms with Crippen molar-refractivity contribution < 1.29 is 14.3 Å². The fraction of sp³-hybridized carbons (Fsp3) is 0.375. The molecule has 7 nitrogen and oxygen atoms in total. The Labute approximate surface area is 180 Å². The number of aromatic nitrogens is 2. The molecule has 31 heavy (non-hydrogen) atoms. The highest BCUT2D eigenvalue weighted by atomic mass is 16.5. The second-order valence-corrected chi connectivity index (χ2v) is 8.31. The van der Waals surface area contributed by atoms with Gasteiger partial charge in [-0.25, -0.2) is 9.78 Å². The Kier molecular flexibility index (Phi) is 4.78. The van der Waals surface area contributed by atoms with E-state index in [1.165, 1.54) is 0 Å². The summed E-state index contributed by atoms with van der Waals surface area (Å²) in [7, 11) is 3.92. The van der Waals surface area contributed by atoms with Crippen molar-refractivity contribution in [3.63, 3.8) is 0 Å². The van der Waals surface area contributed by atoms with Gasteiger partial charge in [0.15, 0.2) is 0 Å². The minimum atomic E-state index is -0.569. The van der Waals surface area contributed by atoms with Gasteiger partial charge in [-0.1, -0.05) is 6.07 Å². The van der Waals surface area contributed by atoms with Crippen LogP contribution < -0.4 is 10.3 Å². The molecule has 0 spiro atoms. The van der Waals surface area contributed by atoms with Crippen molar-refractivity contribution in [3.8, 4) is 11.1 Å². The van der Waals surface area contributed by atoms with Gasteiger partial charge in [-0.05, 0) is 43.0 Å². The Morgan fingerprint density at radius 3 is 2.77 bits per heavy atom. The summed E-state index contributed by atoms with van der Waals surface area (Å²) in [5, 5.41) is 0.529. The number of ether oxygens (including phenoxy) is 2. The fourth-order valence-corrected chi connectivity index (χ4v) is 4.27. The smallest absolute Gasteiger partial charge is 0.343 e. The first-order valence-corrected chi connectivity index (χ1v) is 10.6. The molecule has 3 heterocycles. The van der Waals surface area contributed by atoms with Gasteiger partial charge in [-0.3, -0.25) is 4.79 Å². The van der Waals surface area contributed by atoms with E-state index >= 15 is 0 Å². The Bertz CT molecular complexity index is 1260. The van der Waals surface area contributed by atoms with Crippen molar-refractivity contribution >= 4 is 22.7 Å². The molecule has 0 bridgehead atoms. The number of anilines is 1. The van der Waals surface area contributed by atoms with E-state index < -0.39 is 5.97 Å². The molecule has 1 aliphatic heterocycles. The first-order valence-electron chi connectivity index (χ1n) is 10.6. The van der Waals surface area contributed by atoms with Gasteiger partial charge in [0.25, 0.3) is 0 Å². The Morgan fingerprint density at radius 1 is 1.26 bits per heavy atom. The molecule has 2 aliphatic rings. The van der Waals surface area contributed by atoms with Crippen LogP contribution >= 0.6 is 0 Å². The number of carbonyl (C=O) groups excluding carboxylic acids is 1. The lowest BCUT2D eigenvalue weighted by Gasteiger charge is -2.18. The third kappa shape index (κ3) is 3.29. The zero-order valence-electron chi connectivity index (χ0n) is 18.0. The second-order valence-electron chi connectivity index (χ2n) is 8.31. The molecule has 7 heteroatoms. The maximum Gasteiger partial charge on any atom is 0.343 e. The fourth-order valence-electron chi connectivity index (χ4n) is 4.27. The molecule has 0 radical (unpaired) electrons. The normalized spacial score (nSPS) is 15.2. The molecule has 3 aromatic rings. The molecule has 5 rings (SSSR count). The molecule has 0 saturated heterocycles. The topological polar surface area (TPSA) is 73.7 Å². The average molecular weight is 419 g/mol. The maximum absolute atomic E-state index is 13.2. The number of hydrogen-bond acceptors (Lipinski definition) is 6. The van der Waals surface area contributed by atoms with E-state index in [9.17, 15) is 9.59 Å². The van der Waals surface area contributed by atoms with Crippen LogP contribution in [0.25, 0.3) is 22.0 Å². The van der Waals surface area contributed by atoms with Crippen molar-refractivity contribution in [2.75, 3.05) is 25.6 Å². The number of fused-ring (bicyclic) bond motifs is 5. The van der Waals surface area contributed by atoms with Crippen molar-refractivity contribution in [1.29, 1.82) is 0 Å². The zero-order valence-corrected chi connectivity index (χ0v) is 18.0. The van der Waals surface area contributed by atoms with E-state index in [0.717, 1.165) is 46.4 Å². The van der Waals surface area contributed by atoms with Gasteiger partial charge in [0.05, 0.1) is 25.3 Å². The molecule has 0 atom stereocenters. The van der Waals surface area contributed by atoms with Gasteiger partial charge >= 0.3 is 5.97 Å². The van der Waals surface area contributed by atoms with Crippen molar-refractivity contribution in [2.24, 2.45) is 0 Å². The van der Waals surface area contributed by atoms with Crippen LogP contribution in [0.4, 0.5) is 5.82 Å². The van der Waals surface area contributed by atoms with Gasteiger partial charge in [0.1, 0.15) is 11.4 Å². The van der Waals surface area contributed by atoms with E-state index in [-0.39, 0.29) is 23.6 Å². The molecule has 1 saturated carbocycles. The van der Waals surface area contributed by atoms with E-state index in [1.807, 2.05) is 43.4 Å². The number of hydrogen-bond donors (Lipinski definition) is 0. The number of pyridine rings is 2. The highest BCUT2D eigenvalue weighted by Gasteiger charge is 2.30. The standard InChI is InChI=1S/C24H25N3O4/c1-4-31-24(29)19-11-27(15-5-6-15)22-17(23(19)28)8-7-16-18-10-25-21(26(2)3)9-14(18)12-30-13-20(16)22/h7-11,15H,4-6,12-13H2,1-3H3. The quantitative estimate of drug-likeness (QED) is 0.601. The van der Waals surface area contributed by atoms with E-state index in [4.69, 9.17) is 9.47 Å². The summed E-state index contributed by atoms with van der Waals surface area (Å²) in [5.74, 6) is 0.307. The van der Waals surface area contributed by atoms with Gasteiger partial charge in [0, 0.05) is 49.0 Å². The summed E-state index contributed by atoms with van der Waals surface area (Å²) in [6, 6.07) is 6.11. The Morgan fingerprint density at radius 2 is 2.06 bits per heavy atom. The molecule has 1 fully saturated rings. The van der Waals surface area contributed by atoms with Crippen LogP contribution in [0.2, 0.25) is 0 Å². The minimum absolute atomic E-state index is 0.0911. The van der Waals surface area contributed by atoms with E-state index in [1.54, 1.807) is 13.1 Å². The van der Waals surface area contributed by atoms with Crippen molar-refractivity contribution in [2.45, 2.75) is 39.0 Å². The lowest BCUT2D eigenvalue weighted by atomic mass is 9.95. The largest absolute Gasteiger partial charge is 0.462 e. The molecule has 1 aliphatic carbocycles. The highest BCUT2D eigenvalue weighted by Crippen LogP contribution is 2.41. The Balaban J connectivity index is 1.77. The number of rotatable bonds is 4. The molecule has 0 unspecified atom stereocenters. The van der Waals surface area contributed by atoms with Gasteiger partial charge in [-0.2, -0.15) is 0 Å². The summed E-state index contributed by atoms with van der Waals surface area (Å²) in [5.41, 5.74) is 4.73. The highest BCUT2D eigenvalue weighted by molar-refractivity contribution is 5.96. The summed E-state index contributed by atoms with van der Waals surface area (Å²) in [6.45, 7) is 2.84. The molecular weight excluding hydrogens is 394 g/mol. The maximum atomic E-state index is 13.2. The van der Waals surface area contributed by atoms with Gasteiger partial charge in [0.2, 0.25) is 5.43 Å².